The van der Waals surface area contributed by atoms with Crippen molar-refractivity contribution in [2.75, 3.05) is 40.9 Å². The predicted molar refractivity (Wildman–Crippen MR) is 91.3 cm³/mol. The van der Waals surface area contributed by atoms with E-state index in [1.54, 1.807) is 31.4 Å². The van der Waals surface area contributed by atoms with Gasteiger partial charge in [0, 0.05) is 18.5 Å². The lowest BCUT2D eigenvalue weighted by Crippen LogP contribution is -3.05. The van der Waals surface area contributed by atoms with Gasteiger partial charge in [0.1, 0.15) is 5.75 Å². The first-order chi connectivity index (χ1) is 11.1. The third-order valence-corrected chi connectivity index (χ3v) is 3.09. The minimum atomic E-state index is -0.253. The van der Waals surface area contributed by atoms with E-state index in [1.165, 1.54) is 4.90 Å². The van der Waals surface area contributed by atoms with Crippen molar-refractivity contribution >= 4 is 11.9 Å². The van der Waals surface area contributed by atoms with Crippen LogP contribution in [0.4, 0.5) is 0 Å². The molecular formula is C17H28N3O3+. The third kappa shape index (κ3) is 7.65. The summed E-state index contributed by atoms with van der Waals surface area (Å²) in [6.07, 6.45) is 1.80. The lowest BCUT2D eigenvalue weighted by Gasteiger charge is -2.11. The van der Waals surface area contributed by atoms with Crippen LogP contribution in [-0.4, -0.2) is 52.8 Å². The second kappa shape index (κ2) is 10.6. The first kappa shape index (κ1) is 19.0. The van der Waals surface area contributed by atoms with Crippen LogP contribution in [0.25, 0.3) is 0 Å². The van der Waals surface area contributed by atoms with Crippen molar-refractivity contribution in [2.24, 2.45) is 4.99 Å². The first-order valence-electron chi connectivity index (χ1n) is 7.98. The zero-order valence-electron chi connectivity index (χ0n) is 14.5. The smallest absolute Gasteiger partial charge is 0.291 e. The normalized spacial score (nSPS) is 11.4. The molecule has 0 fully saturated rings. The molecule has 0 atom stereocenters. The molecule has 0 aliphatic rings. The molecule has 0 aliphatic carbocycles. The Kier molecular flexibility index (Phi) is 8.75. The Morgan fingerprint density at radius 1 is 1.35 bits per heavy atom. The average Bonchev–Trinajstić information content (AvgIpc) is 2.55. The Hall–Kier alpha value is -2.08. The maximum atomic E-state index is 12.3. The van der Waals surface area contributed by atoms with Gasteiger partial charge < -0.3 is 14.4 Å². The third-order valence-electron chi connectivity index (χ3n) is 3.09. The van der Waals surface area contributed by atoms with Crippen LogP contribution in [-0.2, 0) is 4.74 Å². The van der Waals surface area contributed by atoms with Gasteiger partial charge in [0.15, 0.2) is 0 Å². The van der Waals surface area contributed by atoms with Gasteiger partial charge in [0.2, 0.25) is 0 Å². The van der Waals surface area contributed by atoms with E-state index in [1.807, 2.05) is 6.92 Å². The van der Waals surface area contributed by atoms with E-state index in [9.17, 15) is 4.79 Å². The fourth-order valence-electron chi connectivity index (χ4n) is 1.87. The van der Waals surface area contributed by atoms with Crippen LogP contribution in [0.15, 0.2) is 29.3 Å². The fourth-order valence-corrected chi connectivity index (χ4v) is 1.87. The van der Waals surface area contributed by atoms with E-state index < -0.39 is 0 Å². The SMILES string of the molecule is CCCOC(=NCCC[NH+](C)C)NC(=O)c1cccc(OC)c1. The number of carbonyl (C=O) groups is 1. The van der Waals surface area contributed by atoms with Crippen LogP contribution in [0.5, 0.6) is 5.75 Å². The quantitative estimate of drug-likeness (QED) is 0.422. The number of amidine groups is 1. The van der Waals surface area contributed by atoms with Crippen molar-refractivity contribution < 1.29 is 19.2 Å². The van der Waals surface area contributed by atoms with Crippen molar-refractivity contribution in [3.05, 3.63) is 29.8 Å². The monoisotopic (exact) mass is 322 g/mol. The molecule has 1 aromatic rings. The number of hydrogen-bond donors (Lipinski definition) is 2. The number of hydrogen-bond acceptors (Lipinski definition) is 4. The summed E-state index contributed by atoms with van der Waals surface area (Å²) in [5.41, 5.74) is 0.509. The number of amides is 1. The number of nitrogens with zero attached hydrogens (tertiary/aromatic N) is 1. The van der Waals surface area contributed by atoms with Crippen LogP contribution >= 0.6 is 0 Å². The molecule has 0 radical (unpaired) electrons. The van der Waals surface area contributed by atoms with E-state index in [-0.39, 0.29) is 11.9 Å². The van der Waals surface area contributed by atoms with Gasteiger partial charge in [0.25, 0.3) is 11.9 Å². The molecule has 6 heteroatoms. The van der Waals surface area contributed by atoms with Gasteiger partial charge in [-0.1, -0.05) is 13.0 Å². The highest BCUT2D eigenvalue weighted by atomic mass is 16.5. The second-order valence-corrected chi connectivity index (χ2v) is 5.53. The van der Waals surface area contributed by atoms with Gasteiger partial charge in [0.05, 0.1) is 34.4 Å². The summed E-state index contributed by atoms with van der Waals surface area (Å²) in [7, 11) is 5.77. The molecule has 128 valence electrons. The lowest BCUT2D eigenvalue weighted by molar-refractivity contribution is -0.858. The highest BCUT2D eigenvalue weighted by Crippen LogP contribution is 2.12. The number of quaternary nitrogens is 1. The second-order valence-electron chi connectivity index (χ2n) is 5.53. The van der Waals surface area contributed by atoms with Gasteiger partial charge >= 0.3 is 0 Å². The zero-order chi connectivity index (χ0) is 17.1. The van der Waals surface area contributed by atoms with E-state index in [0.717, 1.165) is 19.4 Å². The summed E-state index contributed by atoms with van der Waals surface area (Å²) in [5.74, 6) is 0.386. The summed E-state index contributed by atoms with van der Waals surface area (Å²) in [6.45, 7) is 4.18. The standard InChI is InChI=1S/C17H27N3O3/c1-5-12-23-17(18-10-7-11-20(2)3)19-16(21)14-8-6-9-15(13-14)22-4/h6,8-9,13H,5,7,10-12H2,1-4H3,(H,18,19,21)/p+1. The molecule has 0 spiro atoms. The average molecular weight is 322 g/mol. The number of benzene rings is 1. The molecule has 0 saturated carbocycles. The van der Waals surface area contributed by atoms with Gasteiger partial charge in [-0.15, -0.1) is 0 Å². The van der Waals surface area contributed by atoms with Crippen molar-refractivity contribution in [2.45, 2.75) is 19.8 Å². The first-order valence-corrected chi connectivity index (χ1v) is 7.98. The highest BCUT2D eigenvalue weighted by Gasteiger charge is 2.10. The molecule has 0 bridgehead atoms. The summed E-state index contributed by atoms with van der Waals surface area (Å²) in [4.78, 5) is 18.0. The minimum Gasteiger partial charge on any atom is -0.497 e. The molecule has 1 aromatic carbocycles. The van der Waals surface area contributed by atoms with Gasteiger partial charge in [-0.2, -0.15) is 0 Å². The molecule has 0 heterocycles. The molecule has 23 heavy (non-hydrogen) atoms. The molecule has 0 unspecified atom stereocenters. The Balaban J connectivity index is 2.66. The minimum absolute atomic E-state index is 0.253. The highest BCUT2D eigenvalue weighted by molar-refractivity contribution is 6.04. The van der Waals surface area contributed by atoms with Crippen LogP contribution in [0.2, 0.25) is 0 Å². The largest absolute Gasteiger partial charge is 0.497 e. The van der Waals surface area contributed by atoms with Gasteiger partial charge in [-0.25, -0.2) is 4.99 Å². The number of nitrogens with one attached hydrogen (secondary N) is 2. The number of aliphatic imine (C=N–C) groups is 1. The van der Waals surface area contributed by atoms with Gasteiger partial charge in [-0.3, -0.25) is 10.1 Å². The van der Waals surface area contributed by atoms with Crippen LogP contribution in [0.3, 0.4) is 0 Å². The Bertz CT molecular complexity index is 516. The van der Waals surface area contributed by atoms with E-state index in [2.05, 4.69) is 24.4 Å². The van der Waals surface area contributed by atoms with Crippen LogP contribution < -0.4 is 15.0 Å². The van der Waals surface area contributed by atoms with E-state index in [0.29, 0.717) is 24.5 Å². The number of ether oxygens (including phenoxy) is 2. The maximum absolute atomic E-state index is 12.3. The van der Waals surface area contributed by atoms with Crippen molar-refractivity contribution in [3.8, 4) is 5.75 Å². The number of rotatable bonds is 8. The summed E-state index contributed by atoms with van der Waals surface area (Å²) >= 11 is 0. The summed E-state index contributed by atoms with van der Waals surface area (Å²) in [6, 6.07) is 7.26. The van der Waals surface area contributed by atoms with E-state index in [4.69, 9.17) is 9.47 Å². The molecule has 1 rings (SSSR count). The lowest BCUT2D eigenvalue weighted by atomic mass is 10.2. The Morgan fingerprint density at radius 3 is 2.78 bits per heavy atom. The molecule has 6 nitrogen and oxygen atoms in total. The summed E-state index contributed by atoms with van der Waals surface area (Å²) in [5, 5.41) is 2.73. The molecule has 2 N–H and O–H groups in total. The molecular weight excluding hydrogens is 294 g/mol. The van der Waals surface area contributed by atoms with Crippen molar-refractivity contribution in [1.82, 2.24) is 5.32 Å². The predicted octanol–water partition coefficient (Wildman–Crippen LogP) is 0.742. The molecule has 1 amide bonds. The zero-order valence-corrected chi connectivity index (χ0v) is 14.5. The Morgan fingerprint density at radius 2 is 2.13 bits per heavy atom. The molecule has 0 saturated heterocycles. The topological polar surface area (TPSA) is 64.4 Å². The van der Waals surface area contributed by atoms with Crippen LogP contribution in [0, 0.1) is 0 Å². The van der Waals surface area contributed by atoms with Crippen molar-refractivity contribution in [3.63, 3.8) is 0 Å². The molecule has 0 aromatic heterocycles. The van der Waals surface area contributed by atoms with Gasteiger partial charge in [-0.05, 0) is 24.6 Å². The fraction of sp³-hybridized carbons (Fsp3) is 0.529. The van der Waals surface area contributed by atoms with Crippen LogP contribution in [0.1, 0.15) is 30.1 Å². The number of carbonyl (C=O) groups excluding carboxylic acids is 1. The number of methoxy groups -OCH3 is 1. The Labute approximate surface area is 138 Å². The van der Waals surface area contributed by atoms with E-state index >= 15 is 0 Å². The maximum Gasteiger partial charge on any atom is 0.291 e. The summed E-state index contributed by atoms with van der Waals surface area (Å²) < 4.78 is 10.7. The van der Waals surface area contributed by atoms with Crippen molar-refractivity contribution in [1.29, 1.82) is 0 Å². The molecule has 0 aliphatic heterocycles.